The Morgan fingerprint density at radius 1 is 1.05 bits per heavy atom. The van der Waals surface area contributed by atoms with Gasteiger partial charge in [-0.2, -0.15) is 0 Å². The number of rotatable bonds is 2. The number of nitrogens with zero attached hydrogens (tertiary/aromatic N) is 3. The van der Waals surface area contributed by atoms with Gasteiger partial charge in [-0.15, -0.1) is 11.3 Å². The highest BCUT2D eigenvalue weighted by atomic mass is 35.5. The molecular weight excluding hydrogens is 313 g/mol. The first-order chi connectivity index (χ1) is 9.66. The highest BCUT2D eigenvalue weighted by Gasteiger charge is 2.16. The summed E-state index contributed by atoms with van der Waals surface area (Å²) in [5, 5.41) is 2.53. The van der Waals surface area contributed by atoms with E-state index in [0.29, 0.717) is 27.4 Å². The van der Waals surface area contributed by atoms with Crippen LogP contribution in [0.4, 0.5) is 0 Å². The lowest BCUT2D eigenvalue weighted by atomic mass is 10.0. The van der Waals surface area contributed by atoms with Crippen molar-refractivity contribution in [3.8, 4) is 22.6 Å². The first-order valence-electron chi connectivity index (χ1n) is 5.84. The lowest BCUT2D eigenvalue weighted by Crippen LogP contribution is -1.95. The maximum atomic E-state index is 6.30. The van der Waals surface area contributed by atoms with Gasteiger partial charge in [-0.05, 0) is 18.1 Å². The van der Waals surface area contributed by atoms with Gasteiger partial charge in [0.2, 0.25) is 0 Å². The van der Waals surface area contributed by atoms with E-state index in [9.17, 15) is 0 Å². The zero-order valence-electron chi connectivity index (χ0n) is 10.5. The number of thiazole rings is 1. The SMILES string of the molecule is Cc1ccccc1-c1c(Cl)nc(-c2cscn2)nc1Cl. The van der Waals surface area contributed by atoms with Gasteiger partial charge in [0.1, 0.15) is 16.0 Å². The van der Waals surface area contributed by atoms with Crippen molar-refractivity contribution in [1.29, 1.82) is 0 Å². The number of aromatic nitrogens is 3. The molecule has 0 saturated carbocycles. The van der Waals surface area contributed by atoms with E-state index in [1.54, 1.807) is 5.51 Å². The monoisotopic (exact) mass is 321 g/mol. The standard InChI is InChI=1S/C14H9Cl2N3S/c1-8-4-2-3-5-9(8)11-12(15)18-14(19-13(11)16)10-6-20-7-17-10/h2-7H,1H3. The fourth-order valence-electron chi connectivity index (χ4n) is 1.92. The second kappa shape index (κ2) is 5.48. The van der Waals surface area contributed by atoms with Crippen molar-refractivity contribution in [3.05, 3.63) is 51.0 Å². The van der Waals surface area contributed by atoms with Crippen molar-refractivity contribution >= 4 is 34.5 Å². The third-order valence-corrected chi connectivity index (χ3v) is 4.03. The minimum atomic E-state index is 0.335. The predicted octanol–water partition coefficient (Wildman–Crippen LogP) is 4.88. The second-order valence-corrected chi connectivity index (χ2v) is 5.63. The Morgan fingerprint density at radius 3 is 2.35 bits per heavy atom. The number of hydrogen-bond acceptors (Lipinski definition) is 4. The minimum Gasteiger partial charge on any atom is -0.241 e. The molecule has 0 amide bonds. The number of aryl methyl sites for hydroxylation is 1. The van der Waals surface area contributed by atoms with Crippen molar-refractivity contribution in [1.82, 2.24) is 15.0 Å². The van der Waals surface area contributed by atoms with Crippen LogP contribution in [0, 0.1) is 6.92 Å². The fourth-order valence-corrected chi connectivity index (χ4v) is 3.04. The van der Waals surface area contributed by atoms with Crippen LogP contribution in [0.5, 0.6) is 0 Å². The van der Waals surface area contributed by atoms with E-state index in [1.165, 1.54) is 11.3 Å². The molecule has 6 heteroatoms. The molecule has 0 unspecified atom stereocenters. The van der Waals surface area contributed by atoms with E-state index >= 15 is 0 Å². The van der Waals surface area contributed by atoms with Crippen LogP contribution >= 0.6 is 34.5 Å². The average molecular weight is 322 g/mol. The van der Waals surface area contributed by atoms with Crippen LogP contribution in [0.3, 0.4) is 0 Å². The molecule has 3 aromatic rings. The van der Waals surface area contributed by atoms with E-state index in [-0.39, 0.29) is 0 Å². The Labute approximate surface area is 130 Å². The molecular formula is C14H9Cl2N3S. The molecule has 2 aromatic heterocycles. The Kier molecular flexibility index (Phi) is 3.70. The van der Waals surface area contributed by atoms with Gasteiger partial charge in [-0.25, -0.2) is 15.0 Å². The lowest BCUT2D eigenvalue weighted by Gasteiger charge is -2.10. The predicted molar refractivity (Wildman–Crippen MR) is 83.3 cm³/mol. The Bertz CT molecular complexity index is 734. The van der Waals surface area contributed by atoms with Gasteiger partial charge < -0.3 is 0 Å². The maximum absolute atomic E-state index is 6.30. The number of hydrogen-bond donors (Lipinski definition) is 0. The van der Waals surface area contributed by atoms with Gasteiger partial charge in [0.25, 0.3) is 0 Å². The van der Waals surface area contributed by atoms with Crippen LogP contribution in [0.1, 0.15) is 5.56 Å². The molecule has 1 aromatic carbocycles. The van der Waals surface area contributed by atoms with Crippen molar-refractivity contribution in [3.63, 3.8) is 0 Å². The van der Waals surface area contributed by atoms with Crippen LogP contribution in [0.2, 0.25) is 10.3 Å². The molecule has 0 spiro atoms. The van der Waals surface area contributed by atoms with Crippen LogP contribution in [0.25, 0.3) is 22.6 Å². The van der Waals surface area contributed by atoms with Crippen LogP contribution in [-0.4, -0.2) is 15.0 Å². The molecule has 0 radical (unpaired) electrons. The summed E-state index contributed by atoms with van der Waals surface area (Å²) in [5.74, 6) is 0.443. The molecule has 0 fully saturated rings. The first kappa shape index (κ1) is 13.5. The van der Waals surface area contributed by atoms with Gasteiger partial charge in [-0.1, -0.05) is 47.5 Å². The van der Waals surface area contributed by atoms with Gasteiger partial charge in [0.05, 0.1) is 11.1 Å². The van der Waals surface area contributed by atoms with Crippen LogP contribution in [0.15, 0.2) is 35.2 Å². The van der Waals surface area contributed by atoms with Crippen molar-refractivity contribution in [2.24, 2.45) is 0 Å². The van der Waals surface area contributed by atoms with E-state index in [4.69, 9.17) is 23.2 Å². The topological polar surface area (TPSA) is 38.7 Å². The van der Waals surface area contributed by atoms with Crippen molar-refractivity contribution in [2.75, 3.05) is 0 Å². The summed E-state index contributed by atoms with van der Waals surface area (Å²) in [6.07, 6.45) is 0. The van der Waals surface area contributed by atoms with E-state index in [1.807, 2.05) is 36.6 Å². The molecule has 3 nitrogen and oxygen atoms in total. The third kappa shape index (κ3) is 2.42. The molecule has 0 aliphatic carbocycles. The molecule has 100 valence electrons. The summed E-state index contributed by atoms with van der Waals surface area (Å²) in [6, 6.07) is 7.85. The van der Waals surface area contributed by atoms with Gasteiger partial charge in [-0.3, -0.25) is 0 Å². The minimum absolute atomic E-state index is 0.335. The van der Waals surface area contributed by atoms with Crippen molar-refractivity contribution in [2.45, 2.75) is 6.92 Å². The van der Waals surface area contributed by atoms with Gasteiger partial charge in [0.15, 0.2) is 5.82 Å². The fraction of sp³-hybridized carbons (Fsp3) is 0.0714. The van der Waals surface area contributed by atoms with Gasteiger partial charge in [0, 0.05) is 5.38 Å². The maximum Gasteiger partial charge on any atom is 0.181 e. The molecule has 0 bridgehead atoms. The Hall–Kier alpha value is -1.49. The summed E-state index contributed by atoms with van der Waals surface area (Å²) < 4.78 is 0. The highest BCUT2D eigenvalue weighted by Crippen LogP contribution is 2.35. The Morgan fingerprint density at radius 2 is 1.75 bits per heavy atom. The quantitative estimate of drug-likeness (QED) is 0.631. The molecule has 0 atom stereocenters. The Balaban J connectivity index is 2.17. The number of halogens is 2. The van der Waals surface area contributed by atoms with Crippen LogP contribution < -0.4 is 0 Å². The zero-order chi connectivity index (χ0) is 14.1. The summed E-state index contributed by atoms with van der Waals surface area (Å²) in [7, 11) is 0. The molecule has 0 N–H and O–H groups in total. The van der Waals surface area contributed by atoms with E-state index < -0.39 is 0 Å². The van der Waals surface area contributed by atoms with E-state index in [2.05, 4.69) is 15.0 Å². The van der Waals surface area contributed by atoms with Crippen molar-refractivity contribution < 1.29 is 0 Å². The molecule has 2 heterocycles. The highest BCUT2D eigenvalue weighted by molar-refractivity contribution is 7.07. The normalized spacial score (nSPS) is 10.8. The summed E-state index contributed by atoms with van der Waals surface area (Å²) in [4.78, 5) is 12.8. The molecule has 0 saturated heterocycles. The second-order valence-electron chi connectivity index (χ2n) is 4.19. The molecule has 0 aliphatic heterocycles. The van der Waals surface area contributed by atoms with Gasteiger partial charge >= 0.3 is 0 Å². The smallest absolute Gasteiger partial charge is 0.181 e. The summed E-state index contributed by atoms with van der Waals surface area (Å²) >= 11 is 14.1. The largest absolute Gasteiger partial charge is 0.241 e. The average Bonchev–Trinajstić information content (AvgIpc) is 2.94. The van der Waals surface area contributed by atoms with E-state index in [0.717, 1.165) is 11.1 Å². The molecule has 0 aliphatic rings. The molecule has 3 rings (SSSR count). The summed E-state index contributed by atoms with van der Waals surface area (Å²) in [6.45, 7) is 2.00. The lowest BCUT2D eigenvalue weighted by molar-refractivity contribution is 1.15. The number of benzene rings is 1. The summed E-state index contributed by atoms with van der Waals surface area (Å²) in [5.41, 5.74) is 5.06. The molecule has 20 heavy (non-hydrogen) atoms. The zero-order valence-corrected chi connectivity index (χ0v) is 12.8. The van der Waals surface area contributed by atoms with Crippen LogP contribution in [-0.2, 0) is 0 Å². The first-order valence-corrected chi connectivity index (χ1v) is 7.54. The third-order valence-electron chi connectivity index (χ3n) is 2.90.